The summed E-state index contributed by atoms with van der Waals surface area (Å²) in [4.78, 5) is 27.3. The predicted octanol–water partition coefficient (Wildman–Crippen LogP) is 4.91. The van der Waals surface area contributed by atoms with Crippen LogP contribution in [-0.2, 0) is 39.9 Å². The molecule has 0 radical (unpaired) electrons. The number of aliphatic hydroxyl groups is 5. The van der Waals surface area contributed by atoms with Crippen LogP contribution in [0, 0.1) is 50.2 Å². The molecule has 6 fully saturated rings. The van der Waals surface area contributed by atoms with Gasteiger partial charge in [-0.3, -0.25) is 9.59 Å². The minimum atomic E-state index is -1.55. The molecule has 7 aliphatic rings. The second-order valence-electron chi connectivity index (χ2n) is 24.1. The number of carbonyl (C=O) groups excluding carboxylic acids is 2. The zero-order chi connectivity index (χ0) is 50.3. The number of hydrogen-bond donors (Lipinski definition) is 6. The number of hydrogen-bond acceptors (Lipinski definition) is 15. The van der Waals surface area contributed by atoms with Crippen LogP contribution in [0.4, 0.5) is 0 Å². The van der Waals surface area contributed by atoms with Gasteiger partial charge in [0.2, 0.25) is 5.91 Å². The minimum Gasteiger partial charge on any atom is -0.494 e. The van der Waals surface area contributed by atoms with E-state index in [1.54, 1.807) is 18.0 Å². The molecule has 3 heterocycles. The van der Waals surface area contributed by atoms with Crippen LogP contribution in [0.1, 0.15) is 125 Å². The largest absolute Gasteiger partial charge is 0.494 e. The lowest BCUT2D eigenvalue weighted by atomic mass is 9.33. The number of allylic oxidation sites excluding steroid dienone is 2. The average molecular weight is 979 g/mol. The molecule has 17 heteroatoms. The smallest absolute Gasteiger partial charge is 0.313 e. The van der Waals surface area contributed by atoms with Crippen molar-refractivity contribution >= 4 is 11.9 Å². The average Bonchev–Trinajstić information content (AvgIpc) is 3.79. The Labute approximate surface area is 412 Å². The van der Waals surface area contributed by atoms with Crippen LogP contribution in [0.3, 0.4) is 0 Å². The standard InChI is InChI=1S/C53H78N4O13/c1-29(58)54-40-43(62)42(61)36(28-67-46-44(63)41(60)34(59)27-66-46)69-45(40)70-39-17-18-50(6)37(49(39,4)5)16-19-52(8)38(50)15-14-31-32-24-48(2,3)20-22-53(32,23-21-51(31,52)7)47(64)68-26-30-25-57(56-55-30)33-12-10-11-13-35(33)65-9/h10-14,25,32,34,36-46,59-63H,15-24,26-28H2,1-9H3,(H,54,58)/t32-,34-,36+,37-,38+,39-,40+,41-,42+,43+,44-,45-,46-,50-,51+,52+,53-/m0/s1. The van der Waals surface area contributed by atoms with Crippen LogP contribution in [0.2, 0.25) is 0 Å². The van der Waals surface area contributed by atoms with Gasteiger partial charge in [-0.2, -0.15) is 0 Å². The number of benzene rings is 1. The highest BCUT2D eigenvalue weighted by molar-refractivity contribution is 5.79. The molecule has 0 unspecified atom stereocenters. The Morgan fingerprint density at radius 3 is 2.36 bits per heavy atom. The highest BCUT2D eigenvalue weighted by Crippen LogP contribution is 2.76. The highest BCUT2D eigenvalue weighted by Gasteiger charge is 2.70. The molecule has 2 saturated heterocycles. The van der Waals surface area contributed by atoms with Crippen molar-refractivity contribution in [2.24, 2.45) is 50.2 Å². The van der Waals surface area contributed by atoms with Crippen molar-refractivity contribution in [3.63, 3.8) is 0 Å². The number of carbonyl (C=O) groups is 2. The second-order valence-corrected chi connectivity index (χ2v) is 24.1. The van der Waals surface area contributed by atoms with E-state index in [9.17, 15) is 35.1 Å². The number of amides is 1. The van der Waals surface area contributed by atoms with Crippen molar-refractivity contribution in [3.8, 4) is 11.4 Å². The molecule has 2 aromatic rings. The summed E-state index contributed by atoms with van der Waals surface area (Å²) in [5.41, 5.74) is 1.61. The maximum atomic E-state index is 14.8. The van der Waals surface area contributed by atoms with E-state index in [1.165, 1.54) is 12.5 Å². The van der Waals surface area contributed by atoms with E-state index in [4.69, 9.17) is 28.4 Å². The Hall–Kier alpha value is -3.52. The summed E-state index contributed by atoms with van der Waals surface area (Å²) in [7, 11) is 1.62. The molecule has 1 aromatic heterocycles. The van der Waals surface area contributed by atoms with Crippen molar-refractivity contribution in [3.05, 3.63) is 47.8 Å². The Balaban J connectivity index is 0.926. The quantitative estimate of drug-likeness (QED) is 0.0998. The Bertz CT molecular complexity index is 2290. The van der Waals surface area contributed by atoms with Crippen LogP contribution in [0.5, 0.6) is 5.75 Å². The normalized spacial score (nSPS) is 43.0. The number of methoxy groups -OCH3 is 1. The molecule has 17 nitrogen and oxygen atoms in total. The minimum absolute atomic E-state index is 0.0407. The first-order valence-corrected chi connectivity index (χ1v) is 25.6. The molecule has 4 saturated carbocycles. The van der Waals surface area contributed by atoms with E-state index in [-0.39, 0.29) is 70.8 Å². The number of rotatable bonds is 11. The zero-order valence-electron chi connectivity index (χ0n) is 42.5. The van der Waals surface area contributed by atoms with Gasteiger partial charge in [-0.25, -0.2) is 4.68 Å². The molecule has 6 N–H and O–H groups in total. The Kier molecular flexibility index (Phi) is 13.8. The van der Waals surface area contributed by atoms with E-state index >= 15 is 0 Å². The van der Waals surface area contributed by atoms with Crippen molar-refractivity contribution in [2.75, 3.05) is 20.3 Å². The summed E-state index contributed by atoms with van der Waals surface area (Å²) >= 11 is 0. The third-order valence-electron chi connectivity index (χ3n) is 19.5. The second kappa shape index (κ2) is 18.8. The summed E-state index contributed by atoms with van der Waals surface area (Å²) in [5, 5.41) is 64.7. The third kappa shape index (κ3) is 8.54. The molecule has 5 aliphatic carbocycles. The number of fused-ring (bicyclic) bond motifs is 7. The molecule has 388 valence electrons. The monoisotopic (exact) mass is 979 g/mol. The van der Waals surface area contributed by atoms with Crippen LogP contribution < -0.4 is 10.1 Å². The molecule has 1 amide bonds. The van der Waals surface area contributed by atoms with Gasteiger partial charge in [0.15, 0.2) is 12.6 Å². The fourth-order valence-corrected chi connectivity index (χ4v) is 15.3. The summed E-state index contributed by atoms with van der Waals surface area (Å²) in [6.07, 6.45) is 1.92. The van der Waals surface area contributed by atoms with Crippen LogP contribution >= 0.6 is 0 Å². The first-order chi connectivity index (χ1) is 33.0. The molecule has 2 aliphatic heterocycles. The van der Waals surface area contributed by atoms with Gasteiger partial charge in [0.05, 0.1) is 38.0 Å². The van der Waals surface area contributed by atoms with Gasteiger partial charge in [0.1, 0.15) is 66.4 Å². The van der Waals surface area contributed by atoms with Crippen molar-refractivity contribution in [2.45, 2.75) is 188 Å². The van der Waals surface area contributed by atoms with Gasteiger partial charge >= 0.3 is 5.97 Å². The van der Waals surface area contributed by atoms with Gasteiger partial charge in [-0.15, -0.1) is 5.10 Å². The molecule has 70 heavy (non-hydrogen) atoms. The molecular formula is C53H78N4O13. The number of ether oxygens (including phenoxy) is 6. The molecular weight excluding hydrogens is 901 g/mol. The van der Waals surface area contributed by atoms with E-state index < -0.39 is 66.6 Å². The molecule has 17 atom stereocenters. The fraction of sp³-hybridized carbons (Fsp3) is 0.774. The maximum Gasteiger partial charge on any atom is 0.313 e. The first kappa shape index (κ1) is 51.4. The predicted molar refractivity (Wildman–Crippen MR) is 254 cm³/mol. The summed E-state index contributed by atoms with van der Waals surface area (Å²) in [6.45, 7) is 17.5. The summed E-state index contributed by atoms with van der Waals surface area (Å²) in [6, 6.07) is 6.51. The van der Waals surface area contributed by atoms with Crippen molar-refractivity contribution < 1.29 is 63.5 Å². The lowest BCUT2D eigenvalue weighted by molar-refractivity contribution is -0.322. The SMILES string of the molecule is COc1ccccc1-n1cc(COC(=O)[C@]23CCC(C)(C)C[C@H]2C2=CC[C@@H]4[C@@]5(C)CC[C@H](O[C@@H]6O[C@H](CO[C@@H]7OC[C@H](O)[C@H](O)[C@@H]7O)[C@@H](O)[C@H](O)[C@H]6NC(C)=O)C(C)(C)[C@@H]5CC[C@@]4(C)[C@]2(C)CC3)nn1. The van der Waals surface area contributed by atoms with Gasteiger partial charge < -0.3 is 59.3 Å². The van der Waals surface area contributed by atoms with Gasteiger partial charge in [0, 0.05) is 6.92 Å². The number of nitrogens with one attached hydrogen (secondary N) is 1. The van der Waals surface area contributed by atoms with Crippen molar-refractivity contribution in [1.82, 2.24) is 20.3 Å². The highest BCUT2D eigenvalue weighted by atomic mass is 16.7. The van der Waals surface area contributed by atoms with E-state index in [0.717, 1.165) is 63.5 Å². The zero-order valence-corrected chi connectivity index (χ0v) is 42.5. The van der Waals surface area contributed by atoms with E-state index in [0.29, 0.717) is 23.8 Å². The topological polar surface area (TPSA) is 233 Å². The fourth-order valence-electron chi connectivity index (χ4n) is 15.3. The Morgan fingerprint density at radius 1 is 0.871 bits per heavy atom. The lowest BCUT2D eigenvalue weighted by Gasteiger charge is -2.71. The molecule has 1 aromatic carbocycles. The number of aliphatic hydroxyl groups excluding tert-OH is 5. The van der Waals surface area contributed by atoms with Crippen LogP contribution in [0.25, 0.3) is 5.69 Å². The van der Waals surface area contributed by atoms with Gasteiger partial charge in [-0.1, -0.05) is 77.5 Å². The van der Waals surface area contributed by atoms with E-state index in [2.05, 4.69) is 70.2 Å². The summed E-state index contributed by atoms with van der Waals surface area (Å²) < 4.78 is 37.9. The van der Waals surface area contributed by atoms with Crippen molar-refractivity contribution in [1.29, 1.82) is 0 Å². The molecule has 0 bridgehead atoms. The van der Waals surface area contributed by atoms with Gasteiger partial charge in [-0.05, 0) is 121 Å². The number of para-hydroxylation sites is 2. The molecule has 0 spiro atoms. The lowest BCUT2D eigenvalue weighted by Crippen LogP contribution is -2.67. The number of aromatic nitrogens is 3. The van der Waals surface area contributed by atoms with Crippen LogP contribution in [-0.4, -0.2) is 134 Å². The number of esters is 1. The first-order valence-electron chi connectivity index (χ1n) is 25.6. The Morgan fingerprint density at radius 2 is 1.61 bits per heavy atom. The van der Waals surface area contributed by atoms with E-state index in [1.807, 2.05) is 24.3 Å². The third-order valence-corrected chi connectivity index (χ3v) is 19.5. The van der Waals surface area contributed by atoms with Gasteiger partial charge in [0.25, 0.3) is 0 Å². The molecule has 9 rings (SSSR count). The summed E-state index contributed by atoms with van der Waals surface area (Å²) in [5.74, 6) is 0.796. The maximum absolute atomic E-state index is 14.8. The number of nitrogens with zero attached hydrogens (tertiary/aromatic N) is 3. The van der Waals surface area contributed by atoms with Crippen LogP contribution in [0.15, 0.2) is 42.1 Å².